The van der Waals surface area contributed by atoms with Gasteiger partial charge in [0.25, 0.3) is 0 Å². The van der Waals surface area contributed by atoms with Gasteiger partial charge >= 0.3 is 0 Å². The van der Waals surface area contributed by atoms with Crippen molar-refractivity contribution in [2.24, 2.45) is 5.10 Å². The largest absolute Gasteiger partial charge is 0.379 e. The van der Waals surface area contributed by atoms with Gasteiger partial charge in [0.15, 0.2) is 5.01 Å². The van der Waals surface area contributed by atoms with Gasteiger partial charge in [-0.2, -0.15) is 9.78 Å². The highest BCUT2D eigenvalue weighted by atomic mass is 35.5. The highest BCUT2D eigenvalue weighted by Gasteiger charge is 2.19. The van der Waals surface area contributed by atoms with Gasteiger partial charge in [-0.3, -0.25) is 4.90 Å². The van der Waals surface area contributed by atoms with Gasteiger partial charge in [0, 0.05) is 29.1 Å². The molecule has 0 atom stereocenters. The van der Waals surface area contributed by atoms with E-state index in [-0.39, 0.29) is 0 Å². The van der Waals surface area contributed by atoms with Crippen molar-refractivity contribution in [2.45, 2.75) is 26.4 Å². The molecule has 0 aliphatic carbocycles. The molecule has 4 rings (SSSR count). The lowest BCUT2D eigenvalue weighted by atomic mass is 10.2. The Labute approximate surface area is 189 Å². The molecule has 2 aromatic heterocycles. The number of halogens is 1. The van der Waals surface area contributed by atoms with Gasteiger partial charge < -0.3 is 4.74 Å². The molecule has 1 fully saturated rings. The van der Waals surface area contributed by atoms with Gasteiger partial charge in [-0.05, 0) is 24.2 Å². The van der Waals surface area contributed by atoms with Gasteiger partial charge in [0.2, 0.25) is 10.6 Å². The van der Waals surface area contributed by atoms with E-state index in [2.05, 4.69) is 29.2 Å². The lowest BCUT2D eigenvalue weighted by Gasteiger charge is -2.25. The van der Waals surface area contributed by atoms with E-state index < -0.39 is 0 Å². The Bertz CT molecular complexity index is 1100. The number of benzene rings is 1. The van der Waals surface area contributed by atoms with Crippen molar-refractivity contribution < 1.29 is 4.74 Å². The number of ether oxygens (including phenoxy) is 1. The second-order valence-corrected chi connectivity index (χ2v) is 8.92. The number of morpholine rings is 1. The topological polar surface area (TPSA) is 60.5 Å². The van der Waals surface area contributed by atoms with Crippen molar-refractivity contribution in [3.05, 3.63) is 50.7 Å². The van der Waals surface area contributed by atoms with Crippen LogP contribution in [0.3, 0.4) is 0 Å². The van der Waals surface area contributed by atoms with Gasteiger partial charge in [-0.25, -0.2) is 9.67 Å². The minimum Gasteiger partial charge on any atom is -0.379 e. The van der Waals surface area contributed by atoms with E-state index in [9.17, 15) is 0 Å². The molecule has 1 saturated heterocycles. The Morgan fingerprint density at radius 1 is 1.30 bits per heavy atom. The zero-order valence-electron chi connectivity index (χ0n) is 16.9. The molecule has 0 radical (unpaired) electrons. The van der Waals surface area contributed by atoms with Crippen molar-refractivity contribution in [3.63, 3.8) is 0 Å². The van der Waals surface area contributed by atoms with Crippen LogP contribution in [0.4, 0.5) is 0 Å². The van der Waals surface area contributed by atoms with Crippen LogP contribution >= 0.6 is 35.2 Å². The number of rotatable bonds is 6. The molecule has 3 heterocycles. The van der Waals surface area contributed by atoms with Crippen LogP contribution in [-0.4, -0.2) is 56.9 Å². The Hall–Kier alpha value is -1.91. The SMILES string of the molecule is CC(C)c1csc(-c2nn(CN3CCOCC3)c(=S)n2/N=C/c2ccccc2Cl)n1. The summed E-state index contributed by atoms with van der Waals surface area (Å²) in [6.45, 7) is 7.97. The molecule has 0 saturated carbocycles. The van der Waals surface area contributed by atoms with Crippen molar-refractivity contribution in [1.82, 2.24) is 24.3 Å². The number of aromatic nitrogens is 4. The second kappa shape index (κ2) is 9.49. The minimum atomic E-state index is 0.341. The molecule has 30 heavy (non-hydrogen) atoms. The zero-order valence-corrected chi connectivity index (χ0v) is 19.3. The van der Waals surface area contributed by atoms with E-state index in [1.165, 1.54) is 0 Å². The lowest BCUT2D eigenvalue weighted by molar-refractivity contribution is 0.0210. The lowest BCUT2D eigenvalue weighted by Crippen LogP contribution is -2.37. The van der Waals surface area contributed by atoms with E-state index in [4.69, 9.17) is 38.6 Å². The summed E-state index contributed by atoms with van der Waals surface area (Å²) >= 11 is 13.6. The average molecular weight is 463 g/mol. The number of nitrogens with zero attached hydrogens (tertiary/aromatic N) is 6. The molecular formula is C20H23ClN6OS2. The maximum atomic E-state index is 6.28. The molecule has 10 heteroatoms. The van der Waals surface area contributed by atoms with Crippen molar-refractivity contribution in [3.8, 4) is 10.8 Å². The smallest absolute Gasteiger partial charge is 0.220 e. The summed E-state index contributed by atoms with van der Waals surface area (Å²) in [4.78, 5) is 7.02. The van der Waals surface area contributed by atoms with Gasteiger partial charge in [0.05, 0.1) is 31.8 Å². The van der Waals surface area contributed by atoms with Crippen LogP contribution in [0.15, 0.2) is 34.7 Å². The summed E-state index contributed by atoms with van der Waals surface area (Å²) in [5.74, 6) is 0.974. The maximum absolute atomic E-state index is 6.28. The summed E-state index contributed by atoms with van der Waals surface area (Å²) in [6, 6.07) is 7.55. The Kier molecular flexibility index (Phi) is 6.74. The van der Waals surface area contributed by atoms with Crippen molar-refractivity contribution in [1.29, 1.82) is 0 Å². The van der Waals surface area contributed by atoms with E-state index in [0.29, 0.717) is 28.2 Å². The summed E-state index contributed by atoms with van der Waals surface area (Å²) < 4.78 is 9.43. The molecule has 0 spiro atoms. The molecule has 7 nitrogen and oxygen atoms in total. The molecule has 0 bridgehead atoms. The number of hydrogen-bond acceptors (Lipinski definition) is 7. The molecule has 0 N–H and O–H groups in total. The first-order valence-corrected chi connectivity index (χ1v) is 11.4. The Morgan fingerprint density at radius 3 is 2.77 bits per heavy atom. The predicted octanol–water partition coefficient (Wildman–Crippen LogP) is 4.49. The molecular weight excluding hydrogens is 440 g/mol. The van der Waals surface area contributed by atoms with Gasteiger partial charge in [-0.1, -0.05) is 43.6 Å². The van der Waals surface area contributed by atoms with Gasteiger partial charge in [0.1, 0.15) is 0 Å². The first-order chi connectivity index (χ1) is 14.5. The van der Waals surface area contributed by atoms with Crippen LogP contribution in [0.5, 0.6) is 0 Å². The fraction of sp³-hybridized carbons (Fsp3) is 0.400. The average Bonchev–Trinajstić information content (AvgIpc) is 3.34. The van der Waals surface area contributed by atoms with Crippen LogP contribution in [0.25, 0.3) is 10.8 Å². The Balaban J connectivity index is 1.73. The zero-order chi connectivity index (χ0) is 21.1. The normalized spacial score (nSPS) is 15.5. The van der Waals surface area contributed by atoms with E-state index in [0.717, 1.165) is 42.6 Å². The molecule has 1 aliphatic heterocycles. The maximum Gasteiger partial charge on any atom is 0.220 e. The molecule has 1 aliphatic rings. The minimum absolute atomic E-state index is 0.341. The molecule has 158 valence electrons. The summed E-state index contributed by atoms with van der Waals surface area (Å²) in [7, 11) is 0. The summed E-state index contributed by atoms with van der Waals surface area (Å²) in [6.07, 6.45) is 1.71. The summed E-state index contributed by atoms with van der Waals surface area (Å²) in [5.41, 5.74) is 1.85. The third-order valence-electron chi connectivity index (χ3n) is 4.78. The second-order valence-electron chi connectivity index (χ2n) is 7.29. The predicted molar refractivity (Wildman–Crippen MR) is 123 cm³/mol. The van der Waals surface area contributed by atoms with Crippen LogP contribution in [0.2, 0.25) is 5.02 Å². The van der Waals surface area contributed by atoms with Crippen molar-refractivity contribution in [2.75, 3.05) is 26.3 Å². The standard InChI is InChI=1S/C20H23ClN6OS2/c1-14(2)17-12-30-19(23-17)18-24-26(13-25-7-9-28-10-8-25)20(29)27(18)22-11-15-5-3-4-6-16(15)21/h3-6,11-12,14H,7-10,13H2,1-2H3/b22-11+. The molecule has 1 aromatic carbocycles. The molecule has 3 aromatic rings. The van der Waals surface area contributed by atoms with Gasteiger partial charge in [-0.15, -0.1) is 16.4 Å². The fourth-order valence-electron chi connectivity index (χ4n) is 3.01. The number of thiazole rings is 1. The van der Waals surface area contributed by atoms with E-state index in [1.807, 2.05) is 24.3 Å². The monoisotopic (exact) mass is 462 g/mol. The highest BCUT2D eigenvalue weighted by Crippen LogP contribution is 2.26. The quantitative estimate of drug-likeness (QED) is 0.399. The van der Waals surface area contributed by atoms with Crippen LogP contribution in [0, 0.1) is 4.77 Å². The van der Waals surface area contributed by atoms with Crippen molar-refractivity contribution >= 4 is 41.4 Å². The van der Waals surface area contributed by atoms with E-state index >= 15 is 0 Å². The third kappa shape index (κ3) is 4.70. The first-order valence-electron chi connectivity index (χ1n) is 9.77. The fourth-order valence-corrected chi connectivity index (χ4v) is 4.38. The number of hydrogen-bond donors (Lipinski definition) is 0. The third-order valence-corrected chi connectivity index (χ3v) is 6.36. The van der Waals surface area contributed by atoms with E-state index in [1.54, 1.807) is 26.9 Å². The Morgan fingerprint density at radius 2 is 2.07 bits per heavy atom. The first kappa shape index (κ1) is 21.3. The highest BCUT2D eigenvalue weighted by molar-refractivity contribution is 7.71. The van der Waals surface area contributed by atoms with Crippen LogP contribution in [-0.2, 0) is 11.4 Å². The summed E-state index contributed by atoms with van der Waals surface area (Å²) in [5, 5.41) is 12.9. The molecule has 0 unspecified atom stereocenters. The van der Waals surface area contributed by atoms with Crippen LogP contribution in [0.1, 0.15) is 31.0 Å². The van der Waals surface area contributed by atoms with Crippen LogP contribution < -0.4 is 0 Å². The molecule has 0 amide bonds.